The molecule has 3 rings (SSSR count). The van der Waals surface area contributed by atoms with E-state index < -0.39 is 0 Å². The van der Waals surface area contributed by atoms with Gasteiger partial charge < -0.3 is 5.32 Å². The number of amides is 1. The van der Waals surface area contributed by atoms with Crippen LogP contribution in [0.1, 0.15) is 15.9 Å². The molecule has 5 heteroatoms. The van der Waals surface area contributed by atoms with Gasteiger partial charge in [-0.15, -0.1) is 0 Å². The molecule has 1 heterocycles. The summed E-state index contributed by atoms with van der Waals surface area (Å²) in [4.78, 5) is 16.7. The molecule has 0 saturated carbocycles. The average Bonchev–Trinajstić information content (AvgIpc) is 3.06. The fourth-order valence-corrected chi connectivity index (χ4v) is 2.80. The molecule has 1 aromatic heterocycles. The molecule has 0 aliphatic heterocycles. The summed E-state index contributed by atoms with van der Waals surface area (Å²) >= 11 is 1.57. The van der Waals surface area contributed by atoms with Gasteiger partial charge in [-0.2, -0.15) is 0 Å². The molecular formula is C18H17N3OS. The number of nitrogens with one attached hydrogen (secondary N) is 1. The zero-order chi connectivity index (χ0) is 16.2. The van der Waals surface area contributed by atoms with Gasteiger partial charge in [0.2, 0.25) is 0 Å². The Labute approximate surface area is 139 Å². The van der Waals surface area contributed by atoms with Crippen LogP contribution in [0.5, 0.6) is 0 Å². The van der Waals surface area contributed by atoms with E-state index >= 15 is 0 Å². The van der Waals surface area contributed by atoms with E-state index in [1.165, 1.54) is 0 Å². The number of carbonyl (C=O) groups is 1. The van der Waals surface area contributed by atoms with E-state index in [0.29, 0.717) is 5.56 Å². The second-order valence-electron chi connectivity index (χ2n) is 5.15. The number of benzene rings is 2. The van der Waals surface area contributed by atoms with E-state index in [4.69, 9.17) is 0 Å². The minimum atomic E-state index is -0.124. The first kappa shape index (κ1) is 15.4. The Bertz CT molecular complexity index is 824. The number of hydrogen-bond donors (Lipinski definition) is 1. The van der Waals surface area contributed by atoms with E-state index in [9.17, 15) is 4.79 Å². The van der Waals surface area contributed by atoms with Crippen molar-refractivity contribution < 1.29 is 4.79 Å². The van der Waals surface area contributed by atoms with Gasteiger partial charge >= 0.3 is 0 Å². The molecule has 0 unspecified atom stereocenters. The molecular weight excluding hydrogens is 306 g/mol. The quantitative estimate of drug-likeness (QED) is 0.734. The van der Waals surface area contributed by atoms with E-state index in [2.05, 4.69) is 10.3 Å². The summed E-state index contributed by atoms with van der Waals surface area (Å²) in [5.74, 6) is -0.124. The van der Waals surface area contributed by atoms with Gasteiger partial charge in [0.15, 0.2) is 5.16 Å². The standard InChI is InChI=1S/C18H17N3OS/c1-13-6-8-15(9-7-13)20-17(22)14-4-3-5-16(12-14)21-11-10-19-18(21)23-2/h3-12H,1-2H3,(H,20,22). The lowest BCUT2D eigenvalue weighted by Crippen LogP contribution is -2.12. The van der Waals surface area contributed by atoms with Gasteiger partial charge in [-0.05, 0) is 43.5 Å². The summed E-state index contributed by atoms with van der Waals surface area (Å²) in [6.07, 6.45) is 5.63. The number of thioether (sulfide) groups is 1. The fraction of sp³-hybridized carbons (Fsp3) is 0.111. The number of imidazole rings is 1. The van der Waals surface area contributed by atoms with Gasteiger partial charge in [0.1, 0.15) is 0 Å². The number of hydrogen-bond acceptors (Lipinski definition) is 3. The van der Waals surface area contributed by atoms with Gasteiger partial charge in [0, 0.05) is 29.3 Å². The lowest BCUT2D eigenvalue weighted by atomic mass is 10.1. The molecule has 0 fully saturated rings. The molecule has 4 nitrogen and oxygen atoms in total. The smallest absolute Gasteiger partial charge is 0.255 e. The first-order chi connectivity index (χ1) is 11.2. The van der Waals surface area contributed by atoms with Crippen LogP contribution in [0.25, 0.3) is 5.69 Å². The first-order valence-electron chi connectivity index (χ1n) is 7.23. The average molecular weight is 323 g/mol. The lowest BCUT2D eigenvalue weighted by molar-refractivity contribution is 0.102. The number of aryl methyl sites for hydroxylation is 1. The maximum Gasteiger partial charge on any atom is 0.255 e. The number of rotatable bonds is 4. The van der Waals surface area contributed by atoms with Crippen LogP contribution in [0.4, 0.5) is 5.69 Å². The third-order valence-corrected chi connectivity index (χ3v) is 4.15. The van der Waals surface area contributed by atoms with Crippen LogP contribution in [0.2, 0.25) is 0 Å². The Morgan fingerprint density at radius 1 is 1.17 bits per heavy atom. The van der Waals surface area contributed by atoms with Crippen molar-refractivity contribution in [3.63, 3.8) is 0 Å². The Hall–Kier alpha value is -2.53. The predicted octanol–water partition coefficient (Wildman–Crippen LogP) is 4.15. The van der Waals surface area contributed by atoms with E-state index in [-0.39, 0.29) is 5.91 Å². The van der Waals surface area contributed by atoms with Gasteiger partial charge in [-0.1, -0.05) is 35.5 Å². The van der Waals surface area contributed by atoms with Crippen LogP contribution >= 0.6 is 11.8 Å². The van der Waals surface area contributed by atoms with Crippen LogP contribution in [0, 0.1) is 6.92 Å². The van der Waals surface area contributed by atoms with E-state index in [1.54, 1.807) is 18.0 Å². The van der Waals surface area contributed by atoms with Crippen molar-refractivity contribution in [2.24, 2.45) is 0 Å². The summed E-state index contributed by atoms with van der Waals surface area (Å²) in [6, 6.07) is 15.3. The molecule has 0 aliphatic rings. The van der Waals surface area contributed by atoms with Gasteiger partial charge in [-0.3, -0.25) is 9.36 Å². The SMILES string of the molecule is CSc1nccn1-c1cccc(C(=O)Nc2ccc(C)cc2)c1. The van der Waals surface area contributed by atoms with Crippen molar-refractivity contribution in [3.05, 3.63) is 72.1 Å². The summed E-state index contributed by atoms with van der Waals surface area (Å²) < 4.78 is 1.97. The Balaban J connectivity index is 1.84. The van der Waals surface area contributed by atoms with Crippen molar-refractivity contribution in [2.75, 3.05) is 11.6 Å². The van der Waals surface area contributed by atoms with Crippen molar-refractivity contribution >= 4 is 23.4 Å². The van der Waals surface area contributed by atoms with Crippen LogP contribution in [-0.4, -0.2) is 21.7 Å². The molecule has 1 N–H and O–H groups in total. The minimum absolute atomic E-state index is 0.124. The lowest BCUT2D eigenvalue weighted by Gasteiger charge is -2.09. The van der Waals surface area contributed by atoms with Crippen molar-refractivity contribution in [3.8, 4) is 5.69 Å². The number of carbonyl (C=O) groups excluding carboxylic acids is 1. The normalized spacial score (nSPS) is 10.5. The maximum atomic E-state index is 12.4. The number of nitrogens with zero attached hydrogens (tertiary/aromatic N) is 2. The number of aromatic nitrogens is 2. The molecule has 116 valence electrons. The second-order valence-corrected chi connectivity index (χ2v) is 5.93. The Kier molecular flexibility index (Phi) is 4.48. The molecule has 1 amide bonds. The van der Waals surface area contributed by atoms with Gasteiger partial charge in [-0.25, -0.2) is 4.98 Å². The second kappa shape index (κ2) is 6.71. The fourth-order valence-electron chi connectivity index (χ4n) is 2.27. The molecule has 23 heavy (non-hydrogen) atoms. The highest BCUT2D eigenvalue weighted by Crippen LogP contribution is 2.19. The van der Waals surface area contributed by atoms with Crippen LogP contribution in [-0.2, 0) is 0 Å². The summed E-state index contributed by atoms with van der Waals surface area (Å²) in [5, 5.41) is 3.81. The Morgan fingerprint density at radius 2 is 1.96 bits per heavy atom. The van der Waals surface area contributed by atoms with Crippen LogP contribution < -0.4 is 5.32 Å². The highest BCUT2D eigenvalue weighted by atomic mass is 32.2. The van der Waals surface area contributed by atoms with Crippen molar-refractivity contribution in [2.45, 2.75) is 12.1 Å². The monoisotopic (exact) mass is 323 g/mol. The van der Waals surface area contributed by atoms with E-state index in [1.807, 2.05) is 72.5 Å². The summed E-state index contributed by atoms with van der Waals surface area (Å²) in [7, 11) is 0. The molecule has 0 saturated heterocycles. The van der Waals surface area contributed by atoms with Crippen LogP contribution in [0.3, 0.4) is 0 Å². The summed E-state index contributed by atoms with van der Waals surface area (Å²) in [5.41, 5.74) is 3.49. The first-order valence-corrected chi connectivity index (χ1v) is 8.45. The molecule has 2 aromatic carbocycles. The molecule has 0 aliphatic carbocycles. The maximum absolute atomic E-state index is 12.4. The highest BCUT2D eigenvalue weighted by molar-refractivity contribution is 7.98. The molecule has 0 spiro atoms. The summed E-state index contributed by atoms with van der Waals surface area (Å²) in [6.45, 7) is 2.02. The zero-order valence-electron chi connectivity index (χ0n) is 13.0. The molecule has 3 aromatic rings. The van der Waals surface area contributed by atoms with E-state index in [0.717, 1.165) is 22.1 Å². The molecule has 0 bridgehead atoms. The zero-order valence-corrected chi connectivity index (χ0v) is 13.8. The topological polar surface area (TPSA) is 46.9 Å². The van der Waals surface area contributed by atoms with Gasteiger partial charge in [0.25, 0.3) is 5.91 Å². The minimum Gasteiger partial charge on any atom is -0.322 e. The highest BCUT2D eigenvalue weighted by Gasteiger charge is 2.09. The van der Waals surface area contributed by atoms with Crippen LogP contribution in [0.15, 0.2) is 66.1 Å². The molecule has 0 radical (unpaired) electrons. The van der Waals surface area contributed by atoms with Crippen molar-refractivity contribution in [1.29, 1.82) is 0 Å². The Morgan fingerprint density at radius 3 is 2.70 bits per heavy atom. The third-order valence-electron chi connectivity index (χ3n) is 3.49. The third kappa shape index (κ3) is 3.46. The largest absolute Gasteiger partial charge is 0.322 e. The van der Waals surface area contributed by atoms with Crippen molar-refractivity contribution in [1.82, 2.24) is 9.55 Å². The van der Waals surface area contributed by atoms with Gasteiger partial charge in [0.05, 0.1) is 0 Å². The number of anilines is 1. The molecule has 0 atom stereocenters. The predicted molar refractivity (Wildman–Crippen MR) is 94.5 cm³/mol.